The van der Waals surface area contributed by atoms with Crippen LogP contribution in [0.5, 0.6) is 5.75 Å². The number of aryl methyl sites for hydroxylation is 1. The molecule has 0 bridgehead atoms. The summed E-state index contributed by atoms with van der Waals surface area (Å²) in [6.45, 7) is 1.61. The number of rotatable bonds is 1. The third-order valence-electron chi connectivity index (χ3n) is 1.49. The van der Waals surface area contributed by atoms with Gasteiger partial charge in [0, 0.05) is 0 Å². The fraction of sp³-hybridized carbons (Fsp3) is 0.143. The molecule has 0 heterocycles. The van der Waals surface area contributed by atoms with Crippen LogP contribution in [0.4, 0.5) is 5.69 Å². The first-order chi connectivity index (χ1) is 5.54. The van der Waals surface area contributed by atoms with Crippen molar-refractivity contribution in [3.05, 3.63) is 32.3 Å². The Labute approximate surface area is 77.1 Å². The second kappa shape index (κ2) is 3.10. The molecule has 0 atom stereocenters. The minimum Gasteiger partial charge on any atom is -0.502 e. The molecular formula is C7H6BrNO3. The molecule has 0 radical (unpaired) electrons. The molecule has 1 aromatic carbocycles. The Morgan fingerprint density at radius 3 is 2.58 bits per heavy atom. The van der Waals surface area contributed by atoms with E-state index in [9.17, 15) is 15.2 Å². The summed E-state index contributed by atoms with van der Waals surface area (Å²) < 4.78 is 0.288. The minimum absolute atomic E-state index is 0.282. The highest BCUT2D eigenvalue weighted by atomic mass is 79.9. The van der Waals surface area contributed by atoms with E-state index in [1.165, 1.54) is 6.07 Å². The highest BCUT2D eigenvalue weighted by Crippen LogP contribution is 2.35. The van der Waals surface area contributed by atoms with E-state index in [0.29, 0.717) is 5.56 Å². The number of hydrogen-bond acceptors (Lipinski definition) is 3. The molecule has 0 saturated heterocycles. The van der Waals surface area contributed by atoms with Crippen LogP contribution in [0.25, 0.3) is 0 Å². The molecule has 0 aliphatic rings. The average Bonchev–Trinajstić information content (AvgIpc) is 1.97. The predicted molar refractivity (Wildman–Crippen MR) is 47.2 cm³/mol. The standard InChI is InChI=1S/C7H6BrNO3/c1-4-2-3-5(8)6(7(4)10)9(11)12/h2-3,10H,1H3. The lowest BCUT2D eigenvalue weighted by molar-refractivity contribution is -0.386. The predicted octanol–water partition coefficient (Wildman–Crippen LogP) is 2.37. The normalized spacial score (nSPS) is 9.83. The van der Waals surface area contributed by atoms with Gasteiger partial charge in [0.1, 0.15) is 0 Å². The van der Waals surface area contributed by atoms with Gasteiger partial charge in [-0.05, 0) is 34.5 Å². The third-order valence-corrected chi connectivity index (χ3v) is 2.13. The average molecular weight is 232 g/mol. The van der Waals surface area contributed by atoms with Gasteiger partial charge in [0.05, 0.1) is 9.40 Å². The maximum Gasteiger partial charge on any atom is 0.325 e. The van der Waals surface area contributed by atoms with Gasteiger partial charge in [-0.15, -0.1) is 0 Å². The molecule has 12 heavy (non-hydrogen) atoms. The number of hydrogen-bond donors (Lipinski definition) is 1. The number of phenols is 1. The Hall–Kier alpha value is -1.10. The molecule has 1 N–H and O–H groups in total. The fourth-order valence-corrected chi connectivity index (χ4v) is 1.29. The maximum atomic E-state index is 10.4. The summed E-state index contributed by atoms with van der Waals surface area (Å²) in [5.41, 5.74) is 0.208. The van der Waals surface area contributed by atoms with Crippen LogP contribution in [0.3, 0.4) is 0 Å². The van der Waals surface area contributed by atoms with Gasteiger partial charge in [-0.25, -0.2) is 0 Å². The van der Waals surface area contributed by atoms with Crippen molar-refractivity contribution in [1.29, 1.82) is 0 Å². The van der Waals surface area contributed by atoms with E-state index in [1.807, 2.05) is 0 Å². The highest BCUT2D eigenvalue weighted by molar-refractivity contribution is 9.10. The van der Waals surface area contributed by atoms with Gasteiger partial charge in [0.2, 0.25) is 0 Å². The van der Waals surface area contributed by atoms with E-state index in [2.05, 4.69) is 15.9 Å². The van der Waals surface area contributed by atoms with Crippen molar-refractivity contribution < 1.29 is 10.0 Å². The third kappa shape index (κ3) is 1.40. The lowest BCUT2D eigenvalue weighted by Crippen LogP contribution is -1.91. The number of aromatic hydroxyl groups is 1. The molecule has 64 valence electrons. The number of phenolic OH excluding ortho intramolecular Hbond substituents is 1. The van der Waals surface area contributed by atoms with E-state index in [1.54, 1.807) is 13.0 Å². The van der Waals surface area contributed by atoms with Gasteiger partial charge >= 0.3 is 5.69 Å². The summed E-state index contributed by atoms with van der Waals surface area (Å²) in [4.78, 5) is 9.79. The van der Waals surface area contributed by atoms with Crippen molar-refractivity contribution >= 4 is 21.6 Å². The Morgan fingerprint density at radius 2 is 2.17 bits per heavy atom. The smallest absolute Gasteiger partial charge is 0.325 e. The van der Waals surface area contributed by atoms with Crippen molar-refractivity contribution in [3.63, 3.8) is 0 Å². The SMILES string of the molecule is Cc1ccc(Br)c([N+](=O)[O-])c1O. The minimum atomic E-state index is -0.619. The second-order valence-electron chi connectivity index (χ2n) is 2.32. The first-order valence-electron chi connectivity index (χ1n) is 3.16. The molecule has 0 amide bonds. The van der Waals surface area contributed by atoms with Crippen molar-refractivity contribution in [1.82, 2.24) is 0 Å². The molecule has 0 aliphatic carbocycles. The van der Waals surface area contributed by atoms with Crippen LogP contribution in [-0.2, 0) is 0 Å². The lowest BCUT2D eigenvalue weighted by atomic mass is 10.2. The molecule has 1 rings (SSSR count). The monoisotopic (exact) mass is 231 g/mol. The fourth-order valence-electron chi connectivity index (χ4n) is 0.830. The summed E-state index contributed by atoms with van der Waals surface area (Å²) in [5, 5.41) is 19.7. The molecule has 0 aromatic heterocycles. The Balaban J connectivity index is 3.43. The Kier molecular flexibility index (Phi) is 2.32. The molecule has 0 unspecified atom stereocenters. The topological polar surface area (TPSA) is 63.4 Å². The zero-order valence-corrected chi connectivity index (χ0v) is 7.83. The van der Waals surface area contributed by atoms with E-state index in [0.717, 1.165) is 0 Å². The zero-order valence-electron chi connectivity index (χ0n) is 6.24. The van der Waals surface area contributed by atoms with Gasteiger partial charge in [-0.2, -0.15) is 0 Å². The van der Waals surface area contributed by atoms with Gasteiger partial charge in [-0.1, -0.05) is 6.07 Å². The van der Waals surface area contributed by atoms with E-state index in [4.69, 9.17) is 0 Å². The van der Waals surface area contributed by atoms with Crippen LogP contribution >= 0.6 is 15.9 Å². The van der Waals surface area contributed by atoms with Crippen molar-refractivity contribution in [2.45, 2.75) is 6.92 Å². The Morgan fingerprint density at radius 1 is 1.58 bits per heavy atom. The highest BCUT2D eigenvalue weighted by Gasteiger charge is 2.19. The largest absolute Gasteiger partial charge is 0.502 e. The van der Waals surface area contributed by atoms with Gasteiger partial charge < -0.3 is 5.11 Å². The molecule has 5 heteroatoms. The summed E-state index contributed by atoms with van der Waals surface area (Å²) in [6.07, 6.45) is 0. The van der Waals surface area contributed by atoms with Crippen LogP contribution in [-0.4, -0.2) is 10.0 Å². The van der Waals surface area contributed by atoms with Crippen LogP contribution in [0.15, 0.2) is 16.6 Å². The van der Waals surface area contributed by atoms with Crippen LogP contribution in [0.2, 0.25) is 0 Å². The first kappa shape index (κ1) is 8.99. The van der Waals surface area contributed by atoms with Crippen LogP contribution in [0, 0.1) is 17.0 Å². The van der Waals surface area contributed by atoms with E-state index in [-0.39, 0.29) is 15.9 Å². The number of nitro groups is 1. The van der Waals surface area contributed by atoms with Crippen LogP contribution < -0.4 is 0 Å². The van der Waals surface area contributed by atoms with Crippen molar-refractivity contribution in [2.75, 3.05) is 0 Å². The Bertz CT molecular complexity index is 338. The number of nitrogens with zero attached hydrogens (tertiary/aromatic N) is 1. The second-order valence-corrected chi connectivity index (χ2v) is 3.17. The quantitative estimate of drug-likeness (QED) is 0.597. The zero-order chi connectivity index (χ0) is 9.30. The molecular weight excluding hydrogens is 226 g/mol. The van der Waals surface area contributed by atoms with Crippen LogP contribution in [0.1, 0.15) is 5.56 Å². The first-order valence-corrected chi connectivity index (χ1v) is 3.96. The van der Waals surface area contributed by atoms with Crippen molar-refractivity contribution in [2.24, 2.45) is 0 Å². The number of halogens is 1. The molecule has 0 aliphatic heterocycles. The summed E-state index contributed by atoms with van der Waals surface area (Å²) in [6, 6.07) is 3.14. The van der Waals surface area contributed by atoms with Gasteiger partial charge in [-0.3, -0.25) is 10.1 Å². The summed E-state index contributed by atoms with van der Waals surface area (Å²) in [7, 11) is 0. The van der Waals surface area contributed by atoms with E-state index < -0.39 is 4.92 Å². The molecule has 0 fully saturated rings. The van der Waals surface area contributed by atoms with E-state index >= 15 is 0 Å². The molecule has 1 aromatic rings. The van der Waals surface area contributed by atoms with Crippen molar-refractivity contribution in [3.8, 4) is 5.75 Å². The molecule has 4 nitrogen and oxygen atoms in total. The molecule has 0 spiro atoms. The number of nitro benzene ring substituents is 1. The van der Waals surface area contributed by atoms with Gasteiger partial charge in [0.15, 0.2) is 5.75 Å². The number of benzene rings is 1. The van der Waals surface area contributed by atoms with Gasteiger partial charge in [0.25, 0.3) is 0 Å². The maximum absolute atomic E-state index is 10.4. The summed E-state index contributed by atoms with van der Waals surface area (Å²) in [5.74, 6) is -0.283. The lowest BCUT2D eigenvalue weighted by Gasteiger charge is -2.00. The summed E-state index contributed by atoms with van der Waals surface area (Å²) >= 11 is 2.98. The molecule has 0 saturated carbocycles.